The average molecular weight is 271 g/mol. The number of fused-ring (bicyclic) bond motifs is 1. The summed E-state index contributed by atoms with van der Waals surface area (Å²) in [5.41, 5.74) is 0.214. The lowest BCUT2D eigenvalue weighted by Crippen LogP contribution is -2.23. The second kappa shape index (κ2) is 3.16. The van der Waals surface area contributed by atoms with Crippen molar-refractivity contribution in [3.63, 3.8) is 0 Å². The molecule has 2 rings (SSSR count). The highest BCUT2D eigenvalue weighted by molar-refractivity contribution is 9.10. The first-order valence-electron chi connectivity index (χ1n) is 4.53. The maximum atomic E-state index is 11.6. The van der Waals surface area contributed by atoms with Gasteiger partial charge in [-0.2, -0.15) is 5.10 Å². The standard InChI is InChI=1S/C9H11BrN4O/c1-9(2,3)14-7-5(6(10)13-14)8(15)12-4-11-7/h4H,1-3H3,(H,11,12,15). The van der Waals surface area contributed by atoms with Gasteiger partial charge >= 0.3 is 0 Å². The summed E-state index contributed by atoms with van der Waals surface area (Å²) in [4.78, 5) is 18.2. The van der Waals surface area contributed by atoms with E-state index in [0.717, 1.165) is 0 Å². The zero-order chi connectivity index (χ0) is 11.2. The minimum absolute atomic E-state index is 0.178. The van der Waals surface area contributed by atoms with E-state index in [1.807, 2.05) is 20.8 Å². The van der Waals surface area contributed by atoms with Crippen molar-refractivity contribution >= 4 is 27.0 Å². The summed E-state index contributed by atoms with van der Waals surface area (Å²) in [5, 5.41) is 4.77. The van der Waals surface area contributed by atoms with E-state index in [2.05, 4.69) is 31.0 Å². The maximum absolute atomic E-state index is 11.6. The molecule has 0 aromatic carbocycles. The molecule has 5 nitrogen and oxygen atoms in total. The molecule has 2 aromatic heterocycles. The molecule has 1 N–H and O–H groups in total. The largest absolute Gasteiger partial charge is 0.312 e. The number of hydrogen-bond donors (Lipinski definition) is 1. The molecular weight excluding hydrogens is 260 g/mol. The Morgan fingerprint density at radius 3 is 2.73 bits per heavy atom. The van der Waals surface area contributed by atoms with E-state index in [-0.39, 0.29) is 11.1 Å². The van der Waals surface area contributed by atoms with Crippen LogP contribution in [0.1, 0.15) is 20.8 Å². The van der Waals surface area contributed by atoms with Crippen molar-refractivity contribution < 1.29 is 0 Å². The van der Waals surface area contributed by atoms with Crippen LogP contribution in [0.5, 0.6) is 0 Å². The summed E-state index contributed by atoms with van der Waals surface area (Å²) in [5.74, 6) is 0. The summed E-state index contributed by atoms with van der Waals surface area (Å²) in [7, 11) is 0. The second-order valence-electron chi connectivity index (χ2n) is 4.30. The fourth-order valence-electron chi connectivity index (χ4n) is 1.39. The number of rotatable bonds is 0. The van der Waals surface area contributed by atoms with Crippen LogP contribution in [0.25, 0.3) is 11.0 Å². The molecule has 0 spiro atoms. The summed E-state index contributed by atoms with van der Waals surface area (Å²) >= 11 is 3.27. The Morgan fingerprint density at radius 2 is 2.13 bits per heavy atom. The van der Waals surface area contributed by atoms with Crippen molar-refractivity contribution in [1.82, 2.24) is 19.7 Å². The van der Waals surface area contributed by atoms with Gasteiger partial charge in [0.05, 0.1) is 11.9 Å². The van der Waals surface area contributed by atoms with E-state index in [9.17, 15) is 4.79 Å². The van der Waals surface area contributed by atoms with Gasteiger partial charge in [-0.1, -0.05) is 0 Å². The van der Waals surface area contributed by atoms with Gasteiger partial charge in [-0.3, -0.25) is 4.79 Å². The smallest absolute Gasteiger partial charge is 0.263 e. The Balaban J connectivity index is 2.92. The van der Waals surface area contributed by atoms with E-state index >= 15 is 0 Å². The second-order valence-corrected chi connectivity index (χ2v) is 5.05. The van der Waals surface area contributed by atoms with E-state index in [1.165, 1.54) is 6.33 Å². The Labute approximate surface area is 94.6 Å². The van der Waals surface area contributed by atoms with Crippen LogP contribution in [0.15, 0.2) is 15.7 Å². The topological polar surface area (TPSA) is 63.6 Å². The zero-order valence-electron chi connectivity index (χ0n) is 8.71. The van der Waals surface area contributed by atoms with Crippen LogP contribution in [-0.4, -0.2) is 19.7 Å². The normalized spacial score (nSPS) is 12.3. The molecule has 0 bridgehead atoms. The molecule has 0 atom stereocenters. The van der Waals surface area contributed by atoms with Crippen molar-refractivity contribution in [1.29, 1.82) is 0 Å². The fraction of sp³-hybridized carbons (Fsp3) is 0.444. The quantitative estimate of drug-likeness (QED) is 0.792. The highest BCUT2D eigenvalue weighted by Gasteiger charge is 2.21. The number of aromatic nitrogens is 4. The lowest BCUT2D eigenvalue weighted by atomic mass is 10.1. The van der Waals surface area contributed by atoms with Gasteiger partial charge in [0.1, 0.15) is 9.99 Å². The van der Waals surface area contributed by atoms with E-state index in [1.54, 1.807) is 4.68 Å². The number of nitrogens with zero attached hydrogens (tertiary/aromatic N) is 3. The first kappa shape index (κ1) is 10.4. The third-order valence-corrected chi connectivity index (χ3v) is 2.62. The van der Waals surface area contributed by atoms with Crippen LogP contribution in [0.3, 0.4) is 0 Å². The minimum atomic E-state index is -0.203. The Hall–Kier alpha value is -1.17. The molecule has 15 heavy (non-hydrogen) atoms. The number of halogens is 1. The first-order valence-corrected chi connectivity index (χ1v) is 5.33. The van der Waals surface area contributed by atoms with Gasteiger partial charge in [-0.05, 0) is 36.7 Å². The third-order valence-electron chi connectivity index (χ3n) is 2.06. The van der Waals surface area contributed by atoms with Crippen molar-refractivity contribution in [3.05, 3.63) is 21.3 Å². The van der Waals surface area contributed by atoms with Crippen molar-refractivity contribution in [3.8, 4) is 0 Å². The molecule has 2 heterocycles. The number of nitrogens with one attached hydrogen (secondary N) is 1. The summed E-state index contributed by atoms with van der Waals surface area (Å²) < 4.78 is 2.27. The molecule has 6 heteroatoms. The van der Waals surface area contributed by atoms with Gasteiger partial charge in [0, 0.05) is 0 Å². The molecule has 0 saturated carbocycles. The summed E-state index contributed by atoms with van der Waals surface area (Å²) in [6.45, 7) is 6.03. The molecule has 80 valence electrons. The van der Waals surface area contributed by atoms with Crippen LogP contribution >= 0.6 is 15.9 Å². The van der Waals surface area contributed by atoms with Gasteiger partial charge in [0.2, 0.25) is 0 Å². The van der Waals surface area contributed by atoms with E-state index < -0.39 is 0 Å². The van der Waals surface area contributed by atoms with Crippen LogP contribution in [0.2, 0.25) is 0 Å². The molecule has 0 fully saturated rings. The van der Waals surface area contributed by atoms with Crippen molar-refractivity contribution in [2.45, 2.75) is 26.3 Å². The summed E-state index contributed by atoms with van der Waals surface area (Å²) in [6.07, 6.45) is 1.39. The molecule has 0 aliphatic heterocycles. The molecule has 0 amide bonds. The van der Waals surface area contributed by atoms with Crippen molar-refractivity contribution in [2.24, 2.45) is 0 Å². The van der Waals surface area contributed by atoms with Crippen LogP contribution in [0, 0.1) is 0 Å². The predicted octanol–water partition coefficient (Wildman–Crippen LogP) is 1.64. The number of H-pyrrole nitrogens is 1. The third kappa shape index (κ3) is 1.58. The van der Waals surface area contributed by atoms with Gasteiger partial charge < -0.3 is 4.98 Å². The molecule has 0 unspecified atom stereocenters. The maximum Gasteiger partial charge on any atom is 0.263 e. The Kier molecular flexibility index (Phi) is 2.18. The predicted molar refractivity (Wildman–Crippen MR) is 60.8 cm³/mol. The molecule has 2 aromatic rings. The van der Waals surface area contributed by atoms with Gasteiger partial charge in [0.15, 0.2) is 5.65 Å². The molecular formula is C9H11BrN4O. The molecule has 0 aliphatic rings. The SMILES string of the molecule is CC(C)(C)n1nc(Br)c2c(=O)[nH]cnc21. The highest BCUT2D eigenvalue weighted by atomic mass is 79.9. The van der Waals surface area contributed by atoms with Crippen LogP contribution < -0.4 is 5.56 Å². The molecule has 0 aliphatic carbocycles. The lowest BCUT2D eigenvalue weighted by Gasteiger charge is -2.19. The van der Waals surface area contributed by atoms with Gasteiger partial charge in [-0.25, -0.2) is 9.67 Å². The van der Waals surface area contributed by atoms with Crippen molar-refractivity contribution in [2.75, 3.05) is 0 Å². The lowest BCUT2D eigenvalue weighted by molar-refractivity contribution is 0.364. The highest BCUT2D eigenvalue weighted by Crippen LogP contribution is 2.23. The number of aromatic amines is 1. The van der Waals surface area contributed by atoms with Crippen LogP contribution in [0.4, 0.5) is 0 Å². The van der Waals surface area contributed by atoms with Gasteiger partial charge in [0.25, 0.3) is 5.56 Å². The Morgan fingerprint density at radius 1 is 1.47 bits per heavy atom. The molecule has 0 radical (unpaired) electrons. The van der Waals surface area contributed by atoms with Gasteiger partial charge in [-0.15, -0.1) is 0 Å². The Bertz CT molecular complexity index is 563. The molecule has 0 saturated heterocycles. The van der Waals surface area contributed by atoms with Crippen LogP contribution in [-0.2, 0) is 5.54 Å². The zero-order valence-corrected chi connectivity index (χ0v) is 10.3. The van der Waals surface area contributed by atoms with E-state index in [0.29, 0.717) is 15.6 Å². The number of hydrogen-bond acceptors (Lipinski definition) is 3. The average Bonchev–Trinajstić information content (AvgIpc) is 2.44. The minimum Gasteiger partial charge on any atom is -0.312 e. The summed E-state index contributed by atoms with van der Waals surface area (Å²) in [6, 6.07) is 0. The fourth-order valence-corrected chi connectivity index (χ4v) is 1.91. The monoisotopic (exact) mass is 270 g/mol. The van der Waals surface area contributed by atoms with E-state index in [4.69, 9.17) is 0 Å². The first-order chi connectivity index (χ1) is 6.91.